The van der Waals surface area contributed by atoms with Gasteiger partial charge in [0.05, 0.1) is 6.04 Å². The van der Waals surface area contributed by atoms with Crippen LogP contribution in [0.25, 0.3) is 17.0 Å². The predicted octanol–water partition coefficient (Wildman–Crippen LogP) is 5.07. The highest BCUT2D eigenvalue weighted by atomic mass is 35.5. The van der Waals surface area contributed by atoms with Crippen molar-refractivity contribution in [3.8, 4) is 11.4 Å². The average molecular weight is 436 g/mol. The van der Waals surface area contributed by atoms with E-state index in [9.17, 15) is 4.79 Å². The number of hydrogen-bond donors (Lipinski definition) is 0. The highest BCUT2D eigenvalue weighted by molar-refractivity contribution is 6.29. The number of benzene rings is 1. The first-order valence-corrected chi connectivity index (χ1v) is 10.5. The van der Waals surface area contributed by atoms with Crippen LogP contribution in [0.3, 0.4) is 0 Å². The molecule has 1 fully saturated rings. The third kappa shape index (κ3) is 3.20. The molecule has 1 aliphatic carbocycles. The van der Waals surface area contributed by atoms with Crippen LogP contribution in [0.4, 0.5) is 10.5 Å². The van der Waals surface area contributed by atoms with E-state index in [4.69, 9.17) is 16.3 Å². The van der Waals surface area contributed by atoms with E-state index in [1.807, 2.05) is 50.3 Å². The minimum absolute atomic E-state index is 0.158. The van der Waals surface area contributed by atoms with Crippen molar-refractivity contribution in [3.63, 3.8) is 0 Å². The molecule has 2 atom stereocenters. The number of hydrogen-bond acceptors (Lipinski definition) is 5. The van der Waals surface area contributed by atoms with Crippen LogP contribution >= 0.6 is 11.6 Å². The first-order chi connectivity index (χ1) is 14.8. The lowest BCUT2D eigenvalue weighted by molar-refractivity contribution is 0.0453. The van der Waals surface area contributed by atoms with Crippen LogP contribution in [-0.2, 0) is 4.74 Å². The monoisotopic (exact) mass is 435 g/mol. The lowest BCUT2D eigenvalue weighted by atomic mass is 9.70. The molecule has 5 rings (SSSR count). The van der Waals surface area contributed by atoms with E-state index in [1.165, 1.54) is 0 Å². The molecule has 1 aliphatic heterocycles. The Kier molecular flexibility index (Phi) is 4.41. The molecular formula is C23H22ClN5O2. The molecule has 0 bridgehead atoms. The van der Waals surface area contributed by atoms with Crippen molar-refractivity contribution in [2.75, 3.05) is 4.90 Å². The van der Waals surface area contributed by atoms with Crippen molar-refractivity contribution in [2.45, 2.75) is 38.8 Å². The van der Waals surface area contributed by atoms with Gasteiger partial charge in [-0.25, -0.2) is 4.79 Å². The Morgan fingerprint density at radius 2 is 1.84 bits per heavy atom. The second-order valence-corrected chi connectivity index (χ2v) is 9.12. The molecule has 1 aromatic carbocycles. The number of allylic oxidation sites excluding steroid dienone is 3. The zero-order valence-corrected chi connectivity index (χ0v) is 18.2. The van der Waals surface area contributed by atoms with Crippen molar-refractivity contribution in [1.82, 2.24) is 19.8 Å². The van der Waals surface area contributed by atoms with Crippen molar-refractivity contribution in [2.24, 2.45) is 5.41 Å². The molecule has 2 unspecified atom stereocenters. The molecule has 3 aromatic rings. The molecule has 31 heavy (non-hydrogen) atoms. The number of carbonyl (C=O) groups excluding carboxylic acids is 1. The summed E-state index contributed by atoms with van der Waals surface area (Å²) >= 11 is 6.04. The minimum atomic E-state index is -0.635. The number of fused-ring (bicyclic) bond motifs is 1. The fraction of sp³-hybridized carbons (Fsp3) is 0.304. The predicted molar refractivity (Wildman–Crippen MR) is 119 cm³/mol. The molecule has 2 aliphatic rings. The summed E-state index contributed by atoms with van der Waals surface area (Å²) in [5.74, 6) is 0.581. The van der Waals surface area contributed by atoms with Gasteiger partial charge in [0.25, 0.3) is 0 Å². The van der Waals surface area contributed by atoms with Gasteiger partial charge < -0.3 is 4.74 Å². The largest absolute Gasteiger partial charge is 0.441 e. The van der Waals surface area contributed by atoms with Gasteiger partial charge in [-0.1, -0.05) is 42.8 Å². The second kappa shape index (κ2) is 6.92. The van der Waals surface area contributed by atoms with Gasteiger partial charge in [-0.2, -0.15) is 9.61 Å². The maximum atomic E-state index is 12.9. The van der Waals surface area contributed by atoms with Crippen LogP contribution < -0.4 is 4.90 Å². The number of cyclic esters (lactones) is 1. The molecule has 0 saturated carbocycles. The van der Waals surface area contributed by atoms with E-state index in [-0.39, 0.29) is 17.6 Å². The topological polar surface area (TPSA) is 72.6 Å². The number of rotatable bonds is 3. The lowest BCUT2D eigenvalue weighted by Crippen LogP contribution is -2.52. The molecule has 3 heterocycles. The lowest BCUT2D eigenvalue weighted by Gasteiger charge is -2.42. The Bertz CT molecular complexity index is 1230. The molecule has 1 saturated heterocycles. The molecule has 1 amide bonds. The van der Waals surface area contributed by atoms with Gasteiger partial charge in [-0.05, 0) is 56.7 Å². The van der Waals surface area contributed by atoms with Crippen LogP contribution in [0.15, 0.2) is 60.7 Å². The Hall–Kier alpha value is -3.19. The number of carbonyl (C=O) groups is 1. The number of aromatic nitrogens is 4. The third-order valence-electron chi connectivity index (χ3n) is 6.00. The van der Waals surface area contributed by atoms with Gasteiger partial charge in [0.15, 0.2) is 11.5 Å². The van der Waals surface area contributed by atoms with Crippen LogP contribution in [0.1, 0.15) is 27.2 Å². The van der Waals surface area contributed by atoms with Crippen molar-refractivity contribution < 1.29 is 9.53 Å². The number of amides is 1. The van der Waals surface area contributed by atoms with E-state index < -0.39 is 5.60 Å². The molecule has 0 radical (unpaired) electrons. The maximum Gasteiger partial charge on any atom is 0.415 e. The zero-order chi connectivity index (χ0) is 21.8. The van der Waals surface area contributed by atoms with Gasteiger partial charge in [0.2, 0.25) is 0 Å². The summed E-state index contributed by atoms with van der Waals surface area (Å²) in [4.78, 5) is 14.7. The van der Waals surface area contributed by atoms with E-state index in [2.05, 4.69) is 34.4 Å². The smallest absolute Gasteiger partial charge is 0.415 e. The molecule has 2 aromatic heterocycles. The van der Waals surface area contributed by atoms with Crippen molar-refractivity contribution in [1.29, 1.82) is 0 Å². The summed E-state index contributed by atoms with van der Waals surface area (Å²) in [7, 11) is 0. The van der Waals surface area contributed by atoms with Gasteiger partial charge in [-0.3, -0.25) is 4.90 Å². The van der Waals surface area contributed by atoms with Crippen molar-refractivity contribution >= 4 is 29.0 Å². The molecular weight excluding hydrogens is 414 g/mol. The fourth-order valence-corrected chi connectivity index (χ4v) is 4.89. The van der Waals surface area contributed by atoms with Gasteiger partial charge >= 0.3 is 6.09 Å². The Balaban J connectivity index is 1.53. The fourth-order valence-electron chi connectivity index (χ4n) is 4.75. The first-order valence-electron chi connectivity index (χ1n) is 10.1. The van der Waals surface area contributed by atoms with Crippen LogP contribution in [0, 0.1) is 5.41 Å². The summed E-state index contributed by atoms with van der Waals surface area (Å²) in [5.41, 5.74) is 1.32. The minimum Gasteiger partial charge on any atom is -0.441 e. The number of ether oxygens (including phenoxy) is 1. The van der Waals surface area contributed by atoms with E-state index >= 15 is 0 Å². The average Bonchev–Trinajstić information content (AvgIpc) is 3.25. The van der Waals surface area contributed by atoms with E-state index in [0.717, 1.165) is 17.7 Å². The molecule has 0 N–H and O–H groups in total. The van der Waals surface area contributed by atoms with Gasteiger partial charge in [-0.15, -0.1) is 10.2 Å². The Labute approximate surface area is 185 Å². The SMILES string of the molecule is CC1(C2N(c3ccc(-c4nnc5ccc(Cl)nn45)cc3)C(=O)OC2(C)C)C=CC=CC1. The van der Waals surface area contributed by atoms with E-state index in [0.29, 0.717) is 16.6 Å². The maximum absolute atomic E-state index is 12.9. The standard InChI is InChI=1S/C23H22ClN5O2/c1-22(2)20(23(3)13-5-4-6-14-23)28(21(30)31-22)16-9-7-15(8-10-16)19-26-25-18-12-11-17(24)27-29(18)19/h4-13,20H,14H2,1-3H3. The van der Waals surface area contributed by atoms with Crippen molar-refractivity contribution in [3.05, 3.63) is 65.9 Å². The van der Waals surface area contributed by atoms with Gasteiger partial charge in [0, 0.05) is 16.7 Å². The van der Waals surface area contributed by atoms with E-state index in [1.54, 1.807) is 21.5 Å². The summed E-state index contributed by atoms with van der Waals surface area (Å²) in [6.45, 7) is 6.11. The Morgan fingerprint density at radius 1 is 1.06 bits per heavy atom. The first kappa shape index (κ1) is 19.8. The number of halogens is 1. The second-order valence-electron chi connectivity index (χ2n) is 8.74. The van der Waals surface area contributed by atoms with Gasteiger partial charge in [0.1, 0.15) is 10.8 Å². The van der Waals surface area contributed by atoms with Crippen LogP contribution in [0.5, 0.6) is 0 Å². The molecule has 158 valence electrons. The Morgan fingerprint density at radius 3 is 2.55 bits per heavy atom. The number of nitrogens with zero attached hydrogens (tertiary/aromatic N) is 5. The zero-order valence-electron chi connectivity index (χ0n) is 17.5. The quantitative estimate of drug-likeness (QED) is 0.574. The normalized spacial score (nSPS) is 24.7. The molecule has 0 spiro atoms. The molecule has 8 heteroatoms. The summed E-state index contributed by atoms with van der Waals surface area (Å²) in [6.07, 6.45) is 8.87. The van der Waals surface area contributed by atoms with Crippen LogP contribution in [-0.4, -0.2) is 37.5 Å². The molecule has 7 nitrogen and oxygen atoms in total. The summed E-state index contributed by atoms with van der Waals surface area (Å²) < 4.78 is 7.40. The summed E-state index contributed by atoms with van der Waals surface area (Å²) in [5, 5.41) is 13.0. The van der Waals surface area contributed by atoms with Crippen LogP contribution in [0.2, 0.25) is 5.15 Å². The number of anilines is 1. The third-order valence-corrected chi connectivity index (χ3v) is 6.21. The highest BCUT2D eigenvalue weighted by Gasteiger charge is 2.55. The summed E-state index contributed by atoms with van der Waals surface area (Å²) in [6, 6.07) is 10.9. The highest BCUT2D eigenvalue weighted by Crippen LogP contribution is 2.46.